The number of nitrogens with zero attached hydrogens (tertiary/aromatic N) is 4. The Bertz CT molecular complexity index is 1270. The molecule has 1 aromatic carbocycles. The minimum Gasteiger partial charge on any atom is -0.497 e. The van der Waals surface area contributed by atoms with Gasteiger partial charge in [-0.15, -0.1) is 0 Å². The Morgan fingerprint density at radius 3 is 2.03 bits per heavy atom. The number of ether oxygens (including phenoxy) is 1. The molecule has 0 spiro atoms. The minimum absolute atomic E-state index is 0.344. The zero-order chi connectivity index (χ0) is 27.9. The second-order valence-corrected chi connectivity index (χ2v) is 10.3. The summed E-state index contributed by atoms with van der Waals surface area (Å²) in [7, 11) is 3.23. The van der Waals surface area contributed by atoms with Crippen LogP contribution in [0.5, 0.6) is 5.75 Å². The molecule has 3 rings (SSSR count). The zero-order valence-electron chi connectivity index (χ0n) is 24.0. The number of H-pyrrole nitrogens is 1. The number of hydrogen-bond donors (Lipinski definition) is 2. The number of benzene rings is 1. The Balaban J connectivity index is 1.49. The number of anilines is 1. The van der Waals surface area contributed by atoms with Crippen molar-refractivity contribution in [1.82, 2.24) is 19.1 Å². The van der Waals surface area contributed by atoms with E-state index in [4.69, 9.17) is 4.74 Å². The second-order valence-electron chi connectivity index (χ2n) is 10.3. The lowest BCUT2D eigenvalue weighted by molar-refractivity contribution is 0.415. The van der Waals surface area contributed by atoms with E-state index in [1.165, 1.54) is 81.6 Å². The molecule has 2 N–H and O–H groups in total. The van der Waals surface area contributed by atoms with Crippen molar-refractivity contribution in [3.05, 3.63) is 50.7 Å². The number of imidazole rings is 1. The number of unbranched alkanes of at least 4 members (excludes halogenated alkanes) is 13. The number of nitrogens with one attached hydrogen (secondary N) is 2. The summed E-state index contributed by atoms with van der Waals surface area (Å²) in [5, 5.41) is 4.32. The fourth-order valence-corrected chi connectivity index (χ4v) is 4.86. The number of fused-ring (bicyclic) bond motifs is 1. The van der Waals surface area contributed by atoms with Gasteiger partial charge in [-0.25, -0.2) is 10.2 Å². The zero-order valence-corrected chi connectivity index (χ0v) is 24.0. The summed E-state index contributed by atoms with van der Waals surface area (Å²) >= 11 is 0. The van der Waals surface area contributed by atoms with Gasteiger partial charge < -0.3 is 9.30 Å². The first kappa shape index (κ1) is 30.2. The molecule has 0 unspecified atom stereocenters. The maximum atomic E-state index is 12.7. The van der Waals surface area contributed by atoms with Crippen LogP contribution in [0, 0.1) is 0 Å². The summed E-state index contributed by atoms with van der Waals surface area (Å²) in [4.78, 5) is 31.7. The van der Waals surface area contributed by atoms with Gasteiger partial charge >= 0.3 is 5.69 Å². The van der Waals surface area contributed by atoms with Gasteiger partial charge in [-0.2, -0.15) is 10.1 Å². The molecule has 0 bridgehead atoms. The Morgan fingerprint density at radius 2 is 1.46 bits per heavy atom. The smallest absolute Gasteiger partial charge is 0.329 e. The number of hydrazone groups is 1. The SMILES string of the molecule is CCCCCCCCCCCCCCCCn1c(N/N=C\c2ccc(OC)cc2)nc2c1c(=O)[nH]c(=O)n2C. The molecule has 3 aromatic rings. The molecule has 2 heterocycles. The van der Waals surface area contributed by atoms with Crippen molar-refractivity contribution in [2.45, 2.75) is 103 Å². The molecule has 9 heteroatoms. The summed E-state index contributed by atoms with van der Waals surface area (Å²) in [6, 6.07) is 7.52. The van der Waals surface area contributed by atoms with E-state index in [2.05, 4.69) is 27.4 Å². The van der Waals surface area contributed by atoms with E-state index in [1.807, 2.05) is 28.8 Å². The predicted molar refractivity (Wildman–Crippen MR) is 160 cm³/mol. The van der Waals surface area contributed by atoms with Crippen LogP contribution in [0.4, 0.5) is 5.95 Å². The topological polar surface area (TPSA) is 106 Å². The molecule has 2 aromatic heterocycles. The third-order valence-corrected chi connectivity index (χ3v) is 7.24. The van der Waals surface area contributed by atoms with Crippen LogP contribution in [0.2, 0.25) is 0 Å². The normalized spacial score (nSPS) is 11.6. The third kappa shape index (κ3) is 9.41. The standard InChI is InChI=1S/C30H46N6O3/c1-4-5-6-7-8-9-10-11-12-13-14-15-16-17-22-36-26-27(35(2)30(38)33-28(26)37)32-29(36)34-31-23-24-18-20-25(39-3)21-19-24/h18-21,23H,4-17,22H2,1-3H3,(H,32,34)(H,33,37,38)/b31-23-. The molecule has 0 aliphatic carbocycles. The molecule has 0 fully saturated rings. The highest BCUT2D eigenvalue weighted by atomic mass is 16.5. The third-order valence-electron chi connectivity index (χ3n) is 7.24. The Hall–Kier alpha value is -3.36. The van der Waals surface area contributed by atoms with Crippen LogP contribution in [0.15, 0.2) is 39.0 Å². The first-order chi connectivity index (χ1) is 19.0. The number of hydrogen-bond acceptors (Lipinski definition) is 6. The van der Waals surface area contributed by atoms with E-state index in [0.717, 1.165) is 24.2 Å². The van der Waals surface area contributed by atoms with Crippen molar-refractivity contribution >= 4 is 23.3 Å². The van der Waals surface area contributed by atoms with Gasteiger partial charge in [-0.05, 0) is 36.2 Å². The molecule has 0 saturated carbocycles. The van der Waals surface area contributed by atoms with Crippen LogP contribution < -0.4 is 21.4 Å². The fraction of sp³-hybridized carbons (Fsp3) is 0.600. The number of aryl methyl sites for hydroxylation is 2. The van der Waals surface area contributed by atoms with E-state index in [1.54, 1.807) is 20.4 Å². The van der Waals surface area contributed by atoms with Crippen LogP contribution in [0.1, 0.15) is 102 Å². The fourth-order valence-electron chi connectivity index (χ4n) is 4.86. The lowest BCUT2D eigenvalue weighted by atomic mass is 10.0. The highest BCUT2D eigenvalue weighted by molar-refractivity contribution is 5.80. The van der Waals surface area contributed by atoms with E-state index < -0.39 is 11.2 Å². The molecule has 0 saturated heterocycles. The minimum atomic E-state index is -0.484. The van der Waals surface area contributed by atoms with Crippen molar-refractivity contribution in [3.8, 4) is 5.75 Å². The van der Waals surface area contributed by atoms with Crippen molar-refractivity contribution in [1.29, 1.82) is 0 Å². The van der Waals surface area contributed by atoms with Crippen LogP contribution in [-0.2, 0) is 13.6 Å². The van der Waals surface area contributed by atoms with Crippen molar-refractivity contribution in [2.24, 2.45) is 12.1 Å². The number of aromatic nitrogens is 4. The average molecular weight is 539 g/mol. The van der Waals surface area contributed by atoms with Crippen molar-refractivity contribution in [2.75, 3.05) is 12.5 Å². The van der Waals surface area contributed by atoms with Crippen LogP contribution in [0.3, 0.4) is 0 Å². The summed E-state index contributed by atoms with van der Waals surface area (Å²) in [6.45, 7) is 2.89. The van der Waals surface area contributed by atoms with E-state index in [9.17, 15) is 9.59 Å². The van der Waals surface area contributed by atoms with E-state index in [0.29, 0.717) is 23.7 Å². The molecule has 0 aliphatic rings. The van der Waals surface area contributed by atoms with Gasteiger partial charge in [-0.3, -0.25) is 14.3 Å². The highest BCUT2D eigenvalue weighted by Crippen LogP contribution is 2.18. The van der Waals surface area contributed by atoms with Crippen molar-refractivity contribution in [3.63, 3.8) is 0 Å². The van der Waals surface area contributed by atoms with Gasteiger partial charge in [0.15, 0.2) is 11.2 Å². The number of aromatic amines is 1. The summed E-state index contributed by atoms with van der Waals surface area (Å²) in [6.07, 6.45) is 19.7. The Morgan fingerprint density at radius 1 is 0.897 bits per heavy atom. The highest BCUT2D eigenvalue weighted by Gasteiger charge is 2.16. The van der Waals surface area contributed by atoms with Gasteiger partial charge in [0.25, 0.3) is 5.56 Å². The molecular formula is C30H46N6O3. The molecule has 214 valence electrons. The molecule has 0 radical (unpaired) electrons. The molecule has 9 nitrogen and oxygen atoms in total. The summed E-state index contributed by atoms with van der Waals surface area (Å²) in [5.41, 5.74) is 3.68. The first-order valence-corrected chi connectivity index (χ1v) is 14.7. The number of rotatable bonds is 19. The van der Waals surface area contributed by atoms with E-state index in [-0.39, 0.29) is 0 Å². The lowest BCUT2D eigenvalue weighted by Crippen LogP contribution is -2.29. The number of methoxy groups -OCH3 is 1. The Kier molecular flexibility index (Phi) is 12.8. The van der Waals surface area contributed by atoms with Gasteiger partial charge in [-0.1, -0.05) is 90.4 Å². The predicted octanol–water partition coefficient (Wildman–Crippen LogP) is 6.36. The van der Waals surface area contributed by atoms with Gasteiger partial charge in [0.1, 0.15) is 5.75 Å². The monoisotopic (exact) mass is 538 g/mol. The van der Waals surface area contributed by atoms with Crippen LogP contribution >= 0.6 is 0 Å². The molecule has 0 atom stereocenters. The lowest BCUT2D eigenvalue weighted by Gasteiger charge is -2.08. The van der Waals surface area contributed by atoms with Crippen LogP contribution in [-0.4, -0.2) is 32.4 Å². The summed E-state index contributed by atoms with van der Waals surface area (Å²) < 4.78 is 8.38. The average Bonchev–Trinajstić information content (AvgIpc) is 3.31. The van der Waals surface area contributed by atoms with Gasteiger partial charge in [0.05, 0.1) is 13.3 Å². The summed E-state index contributed by atoms with van der Waals surface area (Å²) in [5.74, 6) is 1.21. The maximum Gasteiger partial charge on any atom is 0.329 e. The van der Waals surface area contributed by atoms with Gasteiger partial charge in [0.2, 0.25) is 5.95 Å². The quantitative estimate of drug-likeness (QED) is 0.105. The molecule has 39 heavy (non-hydrogen) atoms. The van der Waals surface area contributed by atoms with Gasteiger partial charge in [0, 0.05) is 13.6 Å². The van der Waals surface area contributed by atoms with Crippen LogP contribution in [0.25, 0.3) is 11.2 Å². The molecule has 0 aliphatic heterocycles. The maximum absolute atomic E-state index is 12.7. The Labute approximate surface area is 231 Å². The second kappa shape index (κ2) is 16.6. The first-order valence-electron chi connectivity index (χ1n) is 14.7. The van der Waals surface area contributed by atoms with Crippen molar-refractivity contribution < 1.29 is 4.74 Å². The largest absolute Gasteiger partial charge is 0.497 e. The molecular weight excluding hydrogens is 492 g/mol. The molecule has 0 amide bonds. The van der Waals surface area contributed by atoms with E-state index >= 15 is 0 Å².